The number of aliphatic hydroxyl groups excluding tert-OH is 1. The number of anilines is 1. The van der Waals surface area contributed by atoms with Gasteiger partial charge in [0.2, 0.25) is 15.8 Å². The molecule has 1 rings (SSSR count). The third-order valence-corrected chi connectivity index (χ3v) is 3.56. The Bertz CT molecular complexity index is 503. The summed E-state index contributed by atoms with van der Waals surface area (Å²) in [6, 6.07) is 2.94. The van der Waals surface area contributed by atoms with Gasteiger partial charge in [-0.05, 0) is 0 Å². The van der Waals surface area contributed by atoms with E-state index in [1.165, 1.54) is 33.5 Å². The number of benzene rings is 1. The molecule has 0 amide bonds. The van der Waals surface area contributed by atoms with Gasteiger partial charge in [-0.2, -0.15) is 0 Å². The Morgan fingerprint density at radius 3 is 2.00 bits per heavy atom. The maximum absolute atomic E-state index is 11.6. The molecule has 0 aliphatic heterocycles. The second kappa shape index (κ2) is 6.48. The van der Waals surface area contributed by atoms with Crippen LogP contribution in [0.15, 0.2) is 12.1 Å². The first-order valence-corrected chi connectivity index (χ1v) is 7.04. The van der Waals surface area contributed by atoms with Crippen molar-refractivity contribution in [3.05, 3.63) is 12.1 Å². The highest BCUT2D eigenvalue weighted by Gasteiger charge is 2.16. The molecule has 8 heteroatoms. The van der Waals surface area contributed by atoms with E-state index in [-0.39, 0.29) is 11.4 Å². The summed E-state index contributed by atoms with van der Waals surface area (Å²) in [5.41, 5.74) is 0.267. The van der Waals surface area contributed by atoms with Gasteiger partial charge in [-0.3, -0.25) is 4.72 Å². The van der Waals surface area contributed by atoms with Gasteiger partial charge in [0, 0.05) is 12.1 Å². The van der Waals surface area contributed by atoms with Crippen LogP contribution in [0.5, 0.6) is 17.2 Å². The molecule has 0 heterocycles. The molecule has 108 valence electrons. The first-order chi connectivity index (χ1) is 8.97. The van der Waals surface area contributed by atoms with E-state index in [1.807, 2.05) is 0 Å². The van der Waals surface area contributed by atoms with E-state index in [4.69, 9.17) is 19.3 Å². The zero-order valence-corrected chi connectivity index (χ0v) is 11.8. The van der Waals surface area contributed by atoms with Gasteiger partial charge < -0.3 is 19.3 Å². The van der Waals surface area contributed by atoms with Crippen molar-refractivity contribution in [2.24, 2.45) is 0 Å². The molecule has 7 nitrogen and oxygen atoms in total. The predicted octanol–water partition coefficient (Wildman–Crippen LogP) is 0.446. The molecule has 0 spiro atoms. The van der Waals surface area contributed by atoms with Gasteiger partial charge in [-0.1, -0.05) is 0 Å². The molecule has 1 aromatic rings. The maximum atomic E-state index is 11.6. The highest BCUT2D eigenvalue weighted by molar-refractivity contribution is 7.92. The minimum Gasteiger partial charge on any atom is -0.493 e. The van der Waals surface area contributed by atoms with Crippen LogP contribution in [0, 0.1) is 0 Å². The number of methoxy groups -OCH3 is 3. The van der Waals surface area contributed by atoms with Crippen LogP contribution in [-0.2, 0) is 10.0 Å². The van der Waals surface area contributed by atoms with Crippen molar-refractivity contribution in [1.82, 2.24) is 0 Å². The second-order valence-electron chi connectivity index (χ2n) is 3.56. The molecule has 19 heavy (non-hydrogen) atoms. The van der Waals surface area contributed by atoms with Gasteiger partial charge in [0.05, 0.1) is 39.4 Å². The van der Waals surface area contributed by atoms with Crippen LogP contribution >= 0.6 is 0 Å². The number of rotatable bonds is 7. The first-order valence-electron chi connectivity index (χ1n) is 5.38. The molecule has 0 aliphatic carbocycles. The van der Waals surface area contributed by atoms with E-state index in [1.54, 1.807) is 0 Å². The molecular weight excluding hydrogens is 274 g/mol. The molecule has 0 bridgehead atoms. The lowest BCUT2D eigenvalue weighted by Crippen LogP contribution is -2.19. The summed E-state index contributed by atoms with van der Waals surface area (Å²) in [6.45, 7) is -0.459. The highest BCUT2D eigenvalue weighted by Crippen LogP contribution is 2.40. The van der Waals surface area contributed by atoms with Crippen LogP contribution < -0.4 is 18.9 Å². The molecule has 1 aromatic carbocycles. The molecule has 0 saturated heterocycles. The standard InChI is InChI=1S/C11H17NO6S/c1-16-9-6-8(12-19(14,15)5-4-13)7-10(17-2)11(9)18-3/h6-7,12-13H,4-5H2,1-3H3. The average Bonchev–Trinajstić information content (AvgIpc) is 2.36. The molecule has 0 aliphatic rings. The summed E-state index contributed by atoms with van der Waals surface area (Å²) in [4.78, 5) is 0. The Morgan fingerprint density at radius 1 is 1.11 bits per heavy atom. The van der Waals surface area contributed by atoms with Crippen molar-refractivity contribution in [3.8, 4) is 17.2 Å². The van der Waals surface area contributed by atoms with E-state index in [2.05, 4.69) is 4.72 Å². The SMILES string of the molecule is COc1cc(NS(=O)(=O)CCO)cc(OC)c1OC. The summed E-state index contributed by atoms with van der Waals surface area (Å²) in [6.07, 6.45) is 0. The maximum Gasteiger partial charge on any atom is 0.234 e. The summed E-state index contributed by atoms with van der Waals surface area (Å²) in [5, 5.41) is 8.68. The van der Waals surface area contributed by atoms with Crippen molar-refractivity contribution in [3.63, 3.8) is 0 Å². The molecule has 0 aromatic heterocycles. The van der Waals surface area contributed by atoms with Gasteiger partial charge in [-0.25, -0.2) is 8.42 Å². The number of nitrogens with one attached hydrogen (secondary N) is 1. The van der Waals surface area contributed by atoms with Crippen molar-refractivity contribution >= 4 is 15.7 Å². The van der Waals surface area contributed by atoms with Gasteiger partial charge in [0.15, 0.2) is 11.5 Å². The van der Waals surface area contributed by atoms with Gasteiger partial charge in [-0.15, -0.1) is 0 Å². The Morgan fingerprint density at radius 2 is 1.63 bits per heavy atom. The highest BCUT2D eigenvalue weighted by atomic mass is 32.2. The fourth-order valence-electron chi connectivity index (χ4n) is 1.49. The largest absolute Gasteiger partial charge is 0.493 e. The summed E-state index contributed by atoms with van der Waals surface area (Å²) >= 11 is 0. The molecule has 0 fully saturated rings. The Hall–Kier alpha value is -1.67. The van der Waals surface area contributed by atoms with E-state index >= 15 is 0 Å². The van der Waals surface area contributed by atoms with Crippen molar-refractivity contribution in [2.45, 2.75) is 0 Å². The lowest BCUT2D eigenvalue weighted by Gasteiger charge is -2.15. The summed E-state index contributed by atoms with van der Waals surface area (Å²) in [5.74, 6) is 0.658. The molecule has 0 atom stereocenters. The minimum atomic E-state index is -3.61. The Kier molecular flexibility index (Phi) is 5.25. The van der Waals surface area contributed by atoms with Crippen LogP contribution in [0.3, 0.4) is 0 Å². The van der Waals surface area contributed by atoms with Gasteiger partial charge in [0.1, 0.15) is 0 Å². The third kappa shape index (κ3) is 3.90. The Balaban J connectivity index is 3.16. The van der Waals surface area contributed by atoms with Gasteiger partial charge in [0.25, 0.3) is 0 Å². The van der Waals surface area contributed by atoms with E-state index in [0.717, 1.165) is 0 Å². The topological polar surface area (TPSA) is 94.1 Å². The molecular formula is C11H17NO6S. The fraction of sp³-hybridized carbons (Fsp3) is 0.455. The van der Waals surface area contributed by atoms with Crippen LogP contribution in [0.1, 0.15) is 0 Å². The first kappa shape index (κ1) is 15.4. The van der Waals surface area contributed by atoms with Crippen LogP contribution in [-0.4, -0.2) is 47.2 Å². The van der Waals surface area contributed by atoms with Crippen molar-refractivity contribution < 1.29 is 27.7 Å². The van der Waals surface area contributed by atoms with Gasteiger partial charge >= 0.3 is 0 Å². The number of hydrogen-bond acceptors (Lipinski definition) is 6. The zero-order valence-electron chi connectivity index (χ0n) is 11.0. The van der Waals surface area contributed by atoms with Crippen LogP contribution in [0.2, 0.25) is 0 Å². The Labute approximate surface area is 112 Å². The van der Waals surface area contributed by atoms with Crippen molar-refractivity contribution in [1.29, 1.82) is 0 Å². The van der Waals surface area contributed by atoms with Crippen LogP contribution in [0.25, 0.3) is 0 Å². The minimum absolute atomic E-state index is 0.267. The lowest BCUT2D eigenvalue weighted by atomic mass is 10.2. The predicted molar refractivity (Wildman–Crippen MR) is 70.6 cm³/mol. The summed E-state index contributed by atoms with van der Waals surface area (Å²) in [7, 11) is 0.716. The third-order valence-electron chi connectivity index (χ3n) is 2.30. The van der Waals surface area contributed by atoms with E-state index < -0.39 is 16.6 Å². The van der Waals surface area contributed by atoms with E-state index in [9.17, 15) is 8.42 Å². The number of hydrogen-bond donors (Lipinski definition) is 2. The van der Waals surface area contributed by atoms with E-state index in [0.29, 0.717) is 17.2 Å². The molecule has 0 radical (unpaired) electrons. The van der Waals surface area contributed by atoms with Crippen molar-refractivity contribution in [2.75, 3.05) is 38.4 Å². The lowest BCUT2D eigenvalue weighted by molar-refractivity contribution is 0.320. The van der Waals surface area contributed by atoms with Crippen LogP contribution in [0.4, 0.5) is 5.69 Å². The molecule has 2 N–H and O–H groups in total. The molecule has 0 saturated carbocycles. The monoisotopic (exact) mass is 291 g/mol. The quantitative estimate of drug-likeness (QED) is 0.757. The number of ether oxygens (including phenoxy) is 3. The number of aliphatic hydroxyl groups is 1. The summed E-state index contributed by atoms with van der Waals surface area (Å²) < 4.78 is 40.8. The number of sulfonamides is 1. The molecule has 0 unspecified atom stereocenters. The fourth-order valence-corrected chi connectivity index (χ4v) is 2.31. The smallest absolute Gasteiger partial charge is 0.234 e. The average molecular weight is 291 g/mol. The zero-order chi connectivity index (χ0) is 14.5. The normalized spacial score (nSPS) is 10.9. The second-order valence-corrected chi connectivity index (χ2v) is 5.40.